The van der Waals surface area contributed by atoms with E-state index in [1.54, 1.807) is 6.07 Å². The van der Waals surface area contributed by atoms with E-state index in [0.29, 0.717) is 6.61 Å². The van der Waals surface area contributed by atoms with Crippen LogP contribution in [0.4, 0.5) is 4.39 Å². The Morgan fingerprint density at radius 1 is 1.10 bits per heavy atom. The molecule has 0 aliphatic carbocycles. The van der Waals surface area contributed by atoms with Gasteiger partial charge in [0.1, 0.15) is 12.2 Å². The van der Waals surface area contributed by atoms with Crippen LogP contribution in [-0.2, 0) is 4.74 Å². The van der Waals surface area contributed by atoms with E-state index in [-0.39, 0.29) is 11.3 Å². The maximum atomic E-state index is 14.3. The molecule has 0 saturated carbocycles. The van der Waals surface area contributed by atoms with Gasteiger partial charge in [-0.25, -0.2) is 4.39 Å². The molecule has 2 aromatic carbocycles. The van der Waals surface area contributed by atoms with Gasteiger partial charge in [0.25, 0.3) is 0 Å². The Morgan fingerprint density at radius 3 is 2.43 bits per heavy atom. The highest BCUT2D eigenvalue weighted by Crippen LogP contribution is 2.35. The molecule has 0 aliphatic rings. The molecule has 2 atom stereocenters. The predicted molar refractivity (Wildman–Crippen MR) is 78.7 cm³/mol. The van der Waals surface area contributed by atoms with Crippen molar-refractivity contribution in [1.29, 1.82) is 0 Å². The number of aliphatic hydroxyl groups excluding tert-OH is 1. The van der Waals surface area contributed by atoms with E-state index in [4.69, 9.17) is 9.47 Å². The Morgan fingerprint density at radius 2 is 1.81 bits per heavy atom. The molecule has 3 nitrogen and oxygen atoms in total. The molecule has 4 heteroatoms. The third-order valence-corrected chi connectivity index (χ3v) is 3.29. The van der Waals surface area contributed by atoms with Gasteiger partial charge in [0.15, 0.2) is 11.6 Å². The molecule has 0 saturated heterocycles. The summed E-state index contributed by atoms with van der Waals surface area (Å²) in [6.07, 6.45) is -1.74. The van der Waals surface area contributed by atoms with Crippen molar-refractivity contribution in [2.24, 2.45) is 0 Å². The molecule has 0 aliphatic heterocycles. The second-order valence-corrected chi connectivity index (χ2v) is 4.59. The van der Waals surface area contributed by atoms with Crippen molar-refractivity contribution in [1.82, 2.24) is 0 Å². The maximum absolute atomic E-state index is 14.3. The molecular formula is C17H19FO3. The van der Waals surface area contributed by atoms with Gasteiger partial charge in [-0.3, -0.25) is 0 Å². The van der Waals surface area contributed by atoms with Crippen LogP contribution in [0.1, 0.15) is 30.3 Å². The highest BCUT2D eigenvalue weighted by Gasteiger charge is 2.26. The molecule has 1 N–H and O–H groups in total. The largest absolute Gasteiger partial charge is 0.494 e. The number of rotatable bonds is 6. The first-order valence-electron chi connectivity index (χ1n) is 6.86. The number of benzene rings is 2. The second-order valence-electron chi connectivity index (χ2n) is 4.59. The third-order valence-electron chi connectivity index (χ3n) is 3.29. The maximum Gasteiger partial charge on any atom is 0.170 e. The first-order chi connectivity index (χ1) is 10.2. The van der Waals surface area contributed by atoms with Gasteiger partial charge >= 0.3 is 0 Å². The molecule has 0 spiro atoms. The van der Waals surface area contributed by atoms with E-state index in [2.05, 4.69) is 0 Å². The summed E-state index contributed by atoms with van der Waals surface area (Å²) >= 11 is 0. The molecule has 0 bridgehead atoms. The van der Waals surface area contributed by atoms with Gasteiger partial charge in [-0.1, -0.05) is 42.5 Å². The number of methoxy groups -OCH3 is 1. The summed E-state index contributed by atoms with van der Waals surface area (Å²) in [6, 6.07) is 14.0. The second kappa shape index (κ2) is 7.20. The molecule has 0 fully saturated rings. The van der Waals surface area contributed by atoms with Gasteiger partial charge in [-0.05, 0) is 18.6 Å². The number of halogens is 1. The third kappa shape index (κ3) is 3.40. The molecule has 0 amide bonds. The smallest absolute Gasteiger partial charge is 0.170 e. The van der Waals surface area contributed by atoms with Crippen molar-refractivity contribution in [2.75, 3.05) is 13.7 Å². The van der Waals surface area contributed by atoms with Gasteiger partial charge in [0, 0.05) is 12.2 Å². The number of aliphatic hydroxyl groups is 1. The Hall–Kier alpha value is -1.91. The van der Waals surface area contributed by atoms with Crippen LogP contribution in [0.5, 0.6) is 5.75 Å². The minimum Gasteiger partial charge on any atom is -0.494 e. The molecule has 112 valence electrons. The lowest BCUT2D eigenvalue weighted by Crippen LogP contribution is -2.16. The summed E-state index contributed by atoms with van der Waals surface area (Å²) in [4.78, 5) is 0. The summed E-state index contributed by atoms with van der Waals surface area (Å²) in [6.45, 7) is 2.26. The fraction of sp³-hybridized carbons (Fsp3) is 0.294. The lowest BCUT2D eigenvalue weighted by Gasteiger charge is -2.24. The first-order valence-corrected chi connectivity index (χ1v) is 6.86. The molecular weight excluding hydrogens is 271 g/mol. The van der Waals surface area contributed by atoms with Crippen LogP contribution in [-0.4, -0.2) is 18.8 Å². The van der Waals surface area contributed by atoms with Crippen molar-refractivity contribution < 1.29 is 19.0 Å². The van der Waals surface area contributed by atoms with E-state index >= 15 is 0 Å². The van der Waals surface area contributed by atoms with E-state index in [0.717, 1.165) is 5.56 Å². The predicted octanol–water partition coefficient (Wildman–Crippen LogP) is 3.65. The topological polar surface area (TPSA) is 38.7 Å². The van der Waals surface area contributed by atoms with Gasteiger partial charge in [-0.2, -0.15) is 0 Å². The standard InChI is InChI=1S/C17H19FO3/c1-3-21-17(12-8-5-4-6-9-12)16(19)13-10-7-11-14(20-2)15(13)18/h4-11,16-17,19H,3H2,1-2H3. The van der Waals surface area contributed by atoms with Crippen LogP contribution < -0.4 is 4.74 Å². The molecule has 2 unspecified atom stereocenters. The molecule has 0 heterocycles. The lowest BCUT2D eigenvalue weighted by molar-refractivity contribution is -0.0376. The Bertz CT molecular complexity index is 572. The zero-order valence-corrected chi connectivity index (χ0v) is 12.1. The monoisotopic (exact) mass is 290 g/mol. The summed E-state index contributed by atoms with van der Waals surface area (Å²) in [5.41, 5.74) is 0.964. The molecule has 2 rings (SSSR count). The summed E-state index contributed by atoms with van der Waals surface area (Å²) in [7, 11) is 1.39. The average molecular weight is 290 g/mol. The molecule has 21 heavy (non-hydrogen) atoms. The summed E-state index contributed by atoms with van der Waals surface area (Å²) < 4.78 is 24.9. The normalized spacial score (nSPS) is 13.7. The van der Waals surface area contributed by atoms with Gasteiger partial charge in [0.05, 0.1) is 7.11 Å². The minimum atomic E-state index is -1.11. The van der Waals surface area contributed by atoms with Gasteiger partial charge in [0.2, 0.25) is 0 Å². The van der Waals surface area contributed by atoms with Gasteiger partial charge < -0.3 is 14.6 Å². The van der Waals surface area contributed by atoms with Crippen molar-refractivity contribution in [3.8, 4) is 5.75 Å². The first kappa shape index (κ1) is 15.5. The van der Waals surface area contributed by atoms with Crippen molar-refractivity contribution >= 4 is 0 Å². The Labute approximate surface area is 124 Å². The number of hydrogen-bond donors (Lipinski definition) is 1. The quantitative estimate of drug-likeness (QED) is 0.882. The molecule has 2 aromatic rings. The van der Waals surface area contributed by atoms with Crippen LogP contribution in [0.25, 0.3) is 0 Å². The SMILES string of the molecule is CCOC(c1ccccc1)C(O)c1cccc(OC)c1F. The van der Waals surface area contributed by atoms with Crippen molar-refractivity contribution in [2.45, 2.75) is 19.1 Å². The minimum absolute atomic E-state index is 0.106. The van der Waals surface area contributed by atoms with E-state index in [1.807, 2.05) is 37.3 Å². The highest BCUT2D eigenvalue weighted by atomic mass is 19.1. The van der Waals surface area contributed by atoms with E-state index in [9.17, 15) is 9.50 Å². The fourth-order valence-corrected chi connectivity index (χ4v) is 2.27. The molecule has 0 aromatic heterocycles. The Balaban J connectivity index is 2.37. The summed E-state index contributed by atoms with van der Waals surface area (Å²) in [5, 5.41) is 10.5. The molecule has 0 radical (unpaired) electrons. The van der Waals surface area contributed by atoms with E-state index in [1.165, 1.54) is 19.2 Å². The van der Waals surface area contributed by atoms with Crippen LogP contribution >= 0.6 is 0 Å². The van der Waals surface area contributed by atoms with Crippen LogP contribution in [0, 0.1) is 5.82 Å². The van der Waals surface area contributed by atoms with Crippen molar-refractivity contribution in [3.05, 3.63) is 65.5 Å². The van der Waals surface area contributed by atoms with Crippen LogP contribution in [0.2, 0.25) is 0 Å². The lowest BCUT2D eigenvalue weighted by atomic mass is 9.97. The van der Waals surface area contributed by atoms with E-state index < -0.39 is 18.0 Å². The fourth-order valence-electron chi connectivity index (χ4n) is 2.27. The number of hydrogen-bond acceptors (Lipinski definition) is 3. The zero-order valence-electron chi connectivity index (χ0n) is 12.1. The van der Waals surface area contributed by atoms with Crippen LogP contribution in [0.15, 0.2) is 48.5 Å². The average Bonchev–Trinajstić information content (AvgIpc) is 2.53. The van der Waals surface area contributed by atoms with Gasteiger partial charge in [-0.15, -0.1) is 0 Å². The highest BCUT2D eigenvalue weighted by molar-refractivity contribution is 5.34. The summed E-state index contributed by atoms with van der Waals surface area (Å²) in [5.74, 6) is -0.456. The van der Waals surface area contributed by atoms with Crippen molar-refractivity contribution in [3.63, 3.8) is 0 Å². The Kier molecular flexibility index (Phi) is 5.31. The number of ether oxygens (including phenoxy) is 2. The van der Waals surface area contributed by atoms with Crippen LogP contribution in [0.3, 0.4) is 0 Å². The zero-order chi connectivity index (χ0) is 15.2.